The van der Waals surface area contributed by atoms with Gasteiger partial charge in [-0.2, -0.15) is 21.4 Å². The van der Waals surface area contributed by atoms with Crippen molar-refractivity contribution in [3.8, 4) is 16.9 Å². The summed E-state index contributed by atoms with van der Waals surface area (Å²) >= 11 is 4.43. The second kappa shape index (κ2) is 9.72. The van der Waals surface area contributed by atoms with Crippen LogP contribution in [-0.2, 0) is 6.11 Å². The second-order valence-corrected chi connectivity index (χ2v) is 9.11. The number of halogens is 8. The number of thiol groups is 1. The van der Waals surface area contributed by atoms with E-state index in [4.69, 9.17) is 0 Å². The molecule has 0 aliphatic heterocycles. The highest BCUT2D eigenvalue weighted by Crippen LogP contribution is 2.39. The zero-order valence-corrected chi connectivity index (χ0v) is 18.8. The highest BCUT2D eigenvalue weighted by atomic mass is 32.1. The Kier molecular flexibility index (Phi) is 7.04. The van der Waals surface area contributed by atoms with Gasteiger partial charge in [0.25, 0.3) is 0 Å². The van der Waals surface area contributed by atoms with Gasteiger partial charge < -0.3 is 4.74 Å². The maximum atomic E-state index is 14.8. The molecule has 1 saturated carbocycles. The van der Waals surface area contributed by atoms with Crippen LogP contribution in [0.5, 0.6) is 5.75 Å². The Labute approximate surface area is 201 Å². The summed E-state index contributed by atoms with van der Waals surface area (Å²) in [5.74, 6) is -11.0. The molecule has 0 aromatic heterocycles. The van der Waals surface area contributed by atoms with Crippen molar-refractivity contribution < 1.29 is 39.9 Å². The van der Waals surface area contributed by atoms with E-state index in [0.29, 0.717) is 17.4 Å². The van der Waals surface area contributed by atoms with E-state index in [0.717, 1.165) is 31.2 Å². The minimum atomic E-state index is -4.72. The van der Waals surface area contributed by atoms with Gasteiger partial charge in [-0.3, -0.25) is 0 Å². The molecule has 0 saturated heterocycles. The Balaban J connectivity index is 1.62. The number of hydrogen-bond donors (Lipinski definition) is 1. The van der Waals surface area contributed by atoms with Gasteiger partial charge in [0, 0.05) is 22.9 Å². The molecule has 186 valence electrons. The molecular formula is C25H18F8OS. The van der Waals surface area contributed by atoms with Gasteiger partial charge in [-0.1, -0.05) is 12.1 Å². The van der Waals surface area contributed by atoms with Crippen LogP contribution in [0.4, 0.5) is 35.1 Å². The van der Waals surface area contributed by atoms with E-state index < -0.39 is 52.3 Å². The van der Waals surface area contributed by atoms with Gasteiger partial charge in [-0.15, -0.1) is 0 Å². The van der Waals surface area contributed by atoms with Gasteiger partial charge in [0.15, 0.2) is 17.5 Å². The molecule has 0 heterocycles. The quantitative estimate of drug-likeness (QED) is 0.203. The third-order valence-electron chi connectivity index (χ3n) is 6.01. The van der Waals surface area contributed by atoms with Crippen LogP contribution in [0.1, 0.15) is 42.7 Å². The first-order valence-electron chi connectivity index (χ1n) is 10.6. The monoisotopic (exact) mass is 518 g/mol. The summed E-state index contributed by atoms with van der Waals surface area (Å²) in [6.07, 6.45) is -1.33. The van der Waals surface area contributed by atoms with Crippen LogP contribution in [0, 0.1) is 34.9 Å². The van der Waals surface area contributed by atoms with Crippen LogP contribution >= 0.6 is 12.6 Å². The fourth-order valence-electron chi connectivity index (χ4n) is 4.23. The van der Waals surface area contributed by atoms with Gasteiger partial charge in [0.05, 0.1) is 0 Å². The highest BCUT2D eigenvalue weighted by Gasteiger charge is 2.41. The summed E-state index contributed by atoms with van der Waals surface area (Å²) in [5, 5.41) is 0.294. The van der Waals surface area contributed by atoms with Crippen molar-refractivity contribution >= 4 is 12.6 Å². The smallest absolute Gasteiger partial charge is 0.429 e. The fraction of sp³-hybridized carbons (Fsp3) is 0.280. The normalized spacial score (nSPS) is 18.5. The summed E-state index contributed by atoms with van der Waals surface area (Å²) in [7, 11) is 0. The van der Waals surface area contributed by atoms with Crippen LogP contribution in [0.3, 0.4) is 0 Å². The van der Waals surface area contributed by atoms with Crippen molar-refractivity contribution in [1.29, 1.82) is 0 Å². The molecule has 0 atom stereocenters. The lowest BCUT2D eigenvalue weighted by Gasteiger charge is -2.26. The first-order valence-corrected chi connectivity index (χ1v) is 11.2. The molecule has 1 fully saturated rings. The number of benzene rings is 3. The lowest BCUT2D eigenvalue weighted by atomic mass is 9.83. The zero-order valence-electron chi connectivity index (χ0n) is 17.9. The van der Waals surface area contributed by atoms with E-state index in [2.05, 4.69) is 17.4 Å². The van der Waals surface area contributed by atoms with Crippen molar-refractivity contribution in [2.45, 2.75) is 43.0 Å². The molecule has 0 bridgehead atoms. The van der Waals surface area contributed by atoms with Crippen molar-refractivity contribution in [3.05, 3.63) is 88.5 Å². The van der Waals surface area contributed by atoms with Gasteiger partial charge in [-0.05, 0) is 60.9 Å². The molecule has 3 aromatic rings. The number of ether oxygens (including phenoxy) is 1. The minimum absolute atomic E-state index is 0.107. The standard InChI is InChI=1S/C25H18F8OS/c26-18-7-13(12-1-4-16(35)5-2-12)3-6-17(18)14-8-19(27)23(20(28)9-14)25(32,33)34-15-10-21(29)24(31)22(30)11-15/h3,6-12,16,35H,1-2,4-5H2. The molecule has 1 aliphatic rings. The Morgan fingerprint density at radius 1 is 0.714 bits per heavy atom. The van der Waals surface area contributed by atoms with E-state index >= 15 is 0 Å². The van der Waals surface area contributed by atoms with E-state index in [-0.39, 0.29) is 29.2 Å². The molecular weight excluding hydrogens is 500 g/mol. The molecule has 1 aliphatic carbocycles. The van der Waals surface area contributed by atoms with Crippen LogP contribution in [0.25, 0.3) is 11.1 Å². The van der Waals surface area contributed by atoms with Crippen molar-refractivity contribution in [3.63, 3.8) is 0 Å². The maximum Gasteiger partial charge on any atom is 0.432 e. The van der Waals surface area contributed by atoms with E-state index in [1.807, 2.05) is 0 Å². The van der Waals surface area contributed by atoms with Gasteiger partial charge in [0.2, 0.25) is 0 Å². The fourth-order valence-corrected chi connectivity index (χ4v) is 4.52. The van der Waals surface area contributed by atoms with Crippen molar-refractivity contribution in [2.24, 2.45) is 0 Å². The summed E-state index contributed by atoms with van der Waals surface area (Å²) < 4.78 is 117. The van der Waals surface area contributed by atoms with Crippen LogP contribution in [-0.4, -0.2) is 5.25 Å². The van der Waals surface area contributed by atoms with Crippen LogP contribution in [0.2, 0.25) is 0 Å². The summed E-state index contributed by atoms with van der Waals surface area (Å²) in [6, 6.07) is 5.44. The number of hydrogen-bond acceptors (Lipinski definition) is 2. The third-order valence-corrected chi connectivity index (χ3v) is 6.53. The lowest BCUT2D eigenvalue weighted by molar-refractivity contribution is -0.189. The van der Waals surface area contributed by atoms with Crippen LogP contribution in [0.15, 0.2) is 42.5 Å². The minimum Gasteiger partial charge on any atom is -0.429 e. The Morgan fingerprint density at radius 2 is 1.29 bits per heavy atom. The molecule has 0 N–H and O–H groups in total. The zero-order chi connectivity index (χ0) is 25.5. The van der Waals surface area contributed by atoms with E-state index in [1.165, 1.54) is 12.1 Å². The Bertz CT molecular complexity index is 1210. The first-order chi connectivity index (χ1) is 16.5. The topological polar surface area (TPSA) is 9.23 Å². The van der Waals surface area contributed by atoms with Gasteiger partial charge in [-0.25, -0.2) is 26.3 Å². The number of rotatable bonds is 5. The molecule has 0 radical (unpaired) electrons. The van der Waals surface area contributed by atoms with Gasteiger partial charge >= 0.3 is 6.11 Å². The molecule has 4 rings (SSSR count). The molecule has 35 heavy (non-hydrogen) atoms. The van der Waals surface area contributed by atoms with Crippen LogP contribution < -0.4 is 4.74 Å². The number of alkyl halides is 2. The molecule has 0 spiro atoms. The highest BCUT2D eigenvalue weighted by molar-refractivity contribution is 7.80. The maximum absolute atomic E-state index is 14.8. The average molecular weight is 518 g/mol. The SMILES string of the molecule is Fc1cc(C2CCC(S)CC2)ccc1-c1cc(F)c(C(F)(F)Oc2cc(F)c(F)c(F)c2)c(F)c1. The molecule has 10 heteroatoms. The molecule has 0 unspecified atom stereocenters. The lowest BCUT2D eigenvalue weighted by Crippen LogP contribution is -2.25. The Hall–Kier alpha value is -2.75. The predicted molar refractivity (Wildman–Crippen MR) is 117 cm³/mol. The second-order valence-electron chi connectivity index (χ2n) is 8.38. The molecule has 0 amide bonds. The summed E-state index contributed by atoms with van der Waals surface area (Å²) in [5.41, 5.74) is -1.66. The van der Waals surface area contributed by atoms with Crippen molar-refractivity contribution in [1.82, 2.24) is 0 Å². The molecule has 1 nitrogen and oxygen atoms in total. The third kappa shape index (κ3) is 5.27. The van der Waals surface area contributed by atoms with Gasteiger partial charge in [0.1, 0.15) is 28.8 Å². The summed E-state index contributed by atoms with van der Waals surface area (Å²) in [4.78, 5) is 0. The summed E-state index contributed by atoms with van der Waals surface area (Å²) in [6.45, 7) is 0. The van der Waals surface area contributed by atoms with Crippen molar-refractivity contribution in [2.75, 3.05) is 0 Å². The van der Waals surface area contributed by atoms with E-state index in [9.17, 15) is 35.1 Å². The average Bonchev–Trinajstić information content (AvgIpc) is 2.76. The van der Waals surface area contributed by atoms with E-state index in [1.54, 1.807) is 6.07 Å². The Morgan fingerprint density at radius 3 is 1.83 bits per heavy atom. The predicted octanol–water partition coefficient (Wildman–Crippen LogP) is 8.27. The first kappa shape index (κ1) is 25.3. The molecule has 3 aromatic carbocycles. The largest absolute Gasteiger partial charge is 0.432 e.